The highest BCUT2D eigenvalue weighted by Crippen LogP contribution is 2.49. The lowest BCUT2D eigenvalue weighted by atomic mass is 9.68. The van der Waals surface area contributed by atoms with E-state index >= 15 is 0 Å². The summed E-state index contributed by atoms with van der Waals surface area (Å²) in [4.78, 5) is 19.2. The second-order valence-corrected chi connectivity index (χ2v) is 8.06. The van der Waals surface area contributed by atoms with Gasteiger partial charge in [-0.15, -0.1) is 0 Å². The van der Waals surface area contributed by atoms with Gasteiger partial charge in [0.1, 0.15) is 17.9 Å². The van der Waals surface area contributed by atoms with Crippen LogP contribution in [0.15, 0.2) is 53.3 Å². The number of methoxy groups -OCH3 is 1. The van der Waals surface area contributed by atoms with E-state index in [1.54, 1.807) is 12.0 Å². The topological polar surface area (TPSA) is 121 Å². The number of nitrogens with two attached hydrogens (primary N) is 1. The summed E-state index contributed by atoms with van der Waals surface area (Å²) in [6, 6.07) is 9.61. The number of benzene rings is 1. The minimum atomic E-state index is -0.524. The van der Waals surface area contributed by atoms with Crippen molar-refractivity contribution < 1.29 is 9.53 Å². The third-order valence-corrected chi connectivity index (χ3v) is 5.44. The molecule has 8 heteroatoms. The summed E-state index contributed by atoms with van der Waals surface area (Å²) in [5.41, 5.74) is 8.74. The van der Waals surface area contributed by atoms with Gasteiger partial charge in [-0.1, -0.05) is 26.0 Å². The number of ketones is 1. The van der Waals surface area contributed by atoms with Crippen molar-refractivity contribution in [3.05, 3.63) is 58.8 Å². The number of aromatic nitrogens is 3. The van der Waals surface area contributed by atoms with Crippen molar-refractivity contribution in [2.45, 2.75) is 32.6 Å². The van der Waals surface area contributed by atoms with Crippen LogP contribution < -0.4 is 15.4 Å². The Morgan fingerprint density at radius 3 is 2.62 bits per heavy atom. The zero-order valence-corrected chi connectivity index (χ0v) is 16.6. The Hall–Kier alpha value is -3.60. The van der Waals surface area contributed by atoms with E-state index < -0.39 is 5.92 Å². The summed E-state index contributed by atoms with van der Waals surface area (Å²) in [6.45, 7) is 4.10. The van der Waals surface area contributed by atoms with Crippen LogP contribution in [-0.2, 0) is 4.79 Å². The van der Waals surface area contributed by atoms with Crippen molar-refractivity contribution in [1.29, 1.82) is 5.26 Å². The molecule has 0 unspecified atom stereocenters. The molecule has 0 saturated heterocycles. The maximum absolute atomic E-state index is 13.3. The molecular weight excluding hydrogens is 368 g/mol. The number of nitriles is 1. The van der Waals surface area contributed by atoms with E-state index in [1.807, 2.05) is 24.3 Å². The SMILES string of the molecule is COc1ccc([C@H]2C(C#N)=C(N)N(c3ncn[nH]3)C3=C2C(=O)CC(C)(C)C3)cc1. The van der Waals surface area contributed by atoms with Gasteiger partial charge in [0.15, 0.2) is 5.78 Å². The molecule has 3 N–H and O–H groups in total. The normalized spacial score (nSPS) is 21.1. The molecule has 0 amide bonds. The molecule has 1 aromatic carbocycles. The van der Waals surface area contributed by atoms with E-state index in [2.05, 4.69) is 35.1 Å². The minimum Gasteiger partial charge on any atom is -0.497 e. The summed E-state index contributed by atoms with van der Waals surface area (Å²) < 4.78 is 5.24. The number of rotatable bonds is 3. The van der Waals surface area contributed by atoms with Gasteiger partial charge in [0.2, 0.25) is 5.95 Å². The number of allylic oxidation sites excluding steroid dienone is 3. The monoisotopic (exact) mass is 390 g/mol. The molecule has 2 aliphatic rings. The molecule has 8 nitrogen and oxygen atoms in total. The van der Waals surface area contributed by atoms with Crippen molar-refractivity contribution in [1.82, 2.24) is 15.2 Å². The van der Waals surface area contributed by atoms with Crippen LogP contribution in [0, 0.1) is 16.7 Å². The van der Waals surface area contributed by atoms with E-state index in [4.69, 9.17) is 10.5 Å². The van der Waals surface area contributed by atoms with Gasteiger partial charge in [0.25, 0.3) is 0 Å². The standard InChI is InChI=1S/C21H22N6O2/c1-21(2)8-15-18(16(28)9-21)17(12-4-6-13(29-3)7-5-12)14(10-22)19(23)27(15)20-24-11-25-26-20/h4-7,11,17H,8-9,23H2,1-3H3,(H,24,25,26)/t17-/m0/s1. The van der Waals surface area contributed by atoms with Crippen molar-refractivity contribution in [2.75, 3.05) is 12.0 Å². The molecule has 0 radical (unpaired) electrons. The summed E-state index contributed by atoms with van der Waals surface area (Å²) in [5.74, 6) is 0.842. The van der Waals surface area contributed by atoms with Crippen LogP contribution in [0.1, 0.15) is 38.2 Å². The maximum Gasteiger partial charge on any atom is 0.231 e. The third kappa shape index (κ3) is 3.05. The number of H-pyrrole nitrogens is 1. The van der Waals surface area contributed by atoms with Crippen LogP contribution >= 0.6 is 0 Å². The Labute approximate surface area is 168 Å². The predicted molar refractivity (Wildman–Crippen MR) is 106 cm³/mol. The summed E-state index contributed by atoms with van der Waals surface area (Å²) in [7, 11) is 1.59. The Morgan fingerprint density at radius 2 is 2.03 bits per heavy atom. The highest BCUT2D eigenvalue weighted by Gasteiger charge is 2.45. The molecule has 0 spiro atoms. The van der Waals surface area contributed by atoms with Crippen molar-refractivity contribution in [3.63, 3.8) is 0 Å². The number of carbonyl (C=O) groups is 1. The molecule has 148 valence electrons. The molecule has 1 aliphatic carbocycles. The number of nitrogens with zero attached hydrogens (tertiary/aromatic N) is 4. The minimum absolute atomic E-state index is 0.0156. The van der Waals surface area contributed by atoms with E-state index in [0.717, 1.165) is 11.3 Å². The lowest BCUT2D eigenvalue weighted by molar-refractivity contribution is -0.118. The Bertz CT molecular complexity index is 1060. The van der Waals surface area contributed by atoms with Crippen LogP contribution in [0.2, 0.25) is 0 Å². The summed E-state index contributed by atoms with van der Waals surface area (Å²) >= 11 is 0. The average molecular weight is 390 g/mol. The smallest absolute Gasteiger partial charge is 0.231 e. The fraction of sp³-hybridized carbons (Fsp3) is 0.333. The molecule has 4 rings (SSSR count). The predicted octanol–water partition coefficient (Wildman–Crippen LogP) is 2.75. The summed E-state index contributed by atoms with van der Waals surface area (Å²) in [5, 5.41) is 16.7. The van der Waals surface area contributed by atoms with E-state index in [9.17, 15) is 10.1 Å². The molecule has 1 aliphatic heterocycles. The Balaban J connectivity index is 1.96. The van der Waals surface area contributed by atoms with Gasteiger partial charge in [-0.3, -0.25) is 9.69 Å². The fourth-order valence-electron chi connectivity index (χ4n) is 4.19. The second-order valence-electron chi connectivity index (χ2n) is 8.06. The Kier molecular flexibility index (Phi) is 4.38. The Morgan fingerprint density at radius 1 is 1.31 bits per heavy atom. The van der Waals surface area contributed by atoms with Crippen LogP contribution in [-0.4, -0.2) is 28.1 Å². The number of Topliss-reactive ketones (excluding diaryl/α,β-unsaturated/α-hetero) is 1. The lowest BCUT2D eigenvalue weighted by Gasteiger charge is -2.42. The quantitative estimate of drug-likeness (QED) is 0.826. The number of hydrogen-bond acceptors (Lipinski definition) is 7. The number of carbonyl (C=O) groups excluding carboxylic acids is 1. The van der Waals surface area contributed by atoms with Crippen LogP contribution in [0.5, 0.6) is 5.75 Å². The molecule has 0 bridgehead atoms. The molecule has 0 saturated carbocycles. The zero-order valence-electron chi connectivity index (χ0n) is 16.6. The molecule has 29 heavy (non-hydrogen) atoms. The highest BCUT2D eigenvalue weighted by atomic mass is 16.5. The van der Waals surface area contributed by atoms with Crippen molar-refractivity contribution >= 4 is 11.7 Å². The first kappa shape index (κ1) is 18.7. The number of nitrogens with one attached hydrogen (secondary N) is 1. The van der Waals surface area contributed by atoms with Gasteiger partial charge in [-0.05, 0) is 29.5 Å². The van der Waals surface area contributed by atoms with Gasteiger partial charge >= 0.3 is 0 Å². The van der Waals surface area contributed by atoms with Gasteiger partial charge in [-0.2, -0.15) is 15.3 Å². The molecular formula is C21H22N6O2. The average Bonchev–Trinajstić information content (AvgIpc) is 3.20. The van der Waals surface area contributed by atoms with E-state index in [0.29, 0.717) is 35.7 Å². The maximum atomic E-state index is 13.3. The number of hydrogen-bond donors (Lipinski definition) is 2. The zero-order chi connectivity index (χ0) is 20.8. The van der Waals surface area contributed by atoms with Crippen LogP contribution in [0.3, 0.4) is 0 Å². The van der Waals surface area contributed by atoms with Crippen LogP contribution in [0.4, 0.5) is 5.95 Å². The van der Waals surface area contributed by atoms with Gasteiger partial charge < -0.3 is 10.5 Å². The van der Waals surface area contributed by atoms with Gasteiger partial charge in [-0.25, -0.2) is 5.10 Å². The fourth-order valence-corrected chi connectivity index (χ4v) is 4.19. The van der Waals surface area contributed by atoms with Crippen molar-refractivity contribution in [2.24, 2.45) is 11.1 Å². The first-order chi connectivity index (χ1) is 13.9. The number of anilines is 1. The second kappa shape index (κ2) is 6.78. The summed E-state index contributed by atoms with van der Waals surface area (Å²) in [6.07, 6.45) is 2.41. The van der Waals surface area contributed by atoms with E-state index in [1.165, 1.54) is 6.33 Å². The third-order valence-electron chi connectivity index (χ3n) is 5.44. The van der Waals surface area contributed by atoms with E-state index in [-0.39, 0.29) is 17.0 Å². The van der Waals surface area contributed by atoms with Crippen LogP contribution in [0.25, 0.3) is 0 Å². The largest absolute Gasteiger partial charge is 0.497 e. The molecule has 2 aromatic rings. The van der Waals surface area contributed by atoms with Gasteiger partial charge in [0, 0.05) is 17.7 Å². The lowest BCUT2D eigenvalue weighted by Crippen LogP contribution is -2.42. The molecule has 1 atom stereocenters. The first-order valence-corrected chi connectivity index (χ1v) is 9.31. The molecule has 0 fully saturated rings. The van der Waals surface area contributed by atoms with Crippen molar-refractivity contribution in [3.8, 4) is 11.8 Å². The molecule has 1 aromatic heterocycles. The molecule has 2 heterocycles. The first-order valence-electron chi connectivity index (χ1n) is 9.31. The number of aromatic amines is 1. The number of ether oxygens (including phenoxy) is 1. The van der Waals surface area contributed by atoms with Gasteiger partial charge in [0.05, 0.1) is 24.7 Å². The highest BCUT2D eigenvalue weighted by molar-refractivity contribution is 6.01.